The Hall–Kier alpha value is -2.05. The first-order valence-electron chi connectivity index (χ1n) is 6.58. The number of amides is 2. The van der Waals surface area contributed by atoms with Gasteiger partial charge in [0.05, 0.1) is 0 Å². The van der Waals surface area contributed by atoms with Gasteiger partial charge < -0.3 is 10.6 Å². The minimum atomic E-state index is -0.369. The molecule has 1 aromatic heterocycles. The Morgan fingerprint density at radius 3 is 2.64 bits per heavy atom. The number of rotatable bonds is 5. The van der Waals surface area contributed by atoms with Crippen LogP contribution in [0.25, 0.3) is 0 Å². The molecule has 0 bridgehead atoms. The van der Waals surface area contributed by atoms with Gasteiger partial charge in [-0.2, -0.15) is 5.10 Å². The minimum absolute atomic E-state index is 0.166. The third-order valence-electron chi connectivity index (χ3n) is 2.74. The highest BCUT2D eigenvalue weighted by Crippen LogP contribution is 2.22. The van der Waals surface area contributed by atoms with Crippen LogP contribution >= 0.6 is 23.2 Å². The van der Waals surface area contributed by atoms with Crippen LogP contribution in [0.2, 0.25) is 10.0 Å². The number of aryl methyl sites for hydroxylation is 1. The zero-order chi connectivity index (χ0) is 15.9. The van der Waals surface area contributed by atoms with Gasteiger partial charge >= 0.3 is 6.03 Å². The van der Waals surface area contributed by atoms with Crippen LogP contribution in [0.4, 0.5) is 10.5 Å². The smallest absolute Gasteiger partial charge is 0.319 e. The van der Waals surface area contributed by atoms with E-state index >= 15 is 0 Å². The third kappa shape index (κ3) is 5.05. The van der Waals surface area contributed by atoms with Crippen LogP contribution < -0.4 is 16.2 Å². The maximum atomic E-state index is 11.7. The second kappa shape index (κ2) is 7.82. The Kier molecular flexibility index (Phi) is 5.80. The van der Waals surface area contributed by atoms with Gasteiger partial charge in [-0.1, -0.05) is 23.2 Å². The summed E-state index contributed by atoms with van der Waals surface area (Å²) in [5, 5.41) is 10.1. The minimum Gasteiger partial charge on any atom is -0.338 e. The SMILES string of the molecule is O=C(NCCCn1ncccc1=O)Nc1cc(Cl)cc(Cl)c1. The highest BCUT2D eigenvalue weighted by atomic mass is 35.5. The van der Waals surface area contributed by atoms with Crippen molar-refractivity contribution in [3.8, 4) is 0 Å². The number of nitrogens with zero attached hydrogens (tertiary/aromatic N) is 2. The van der Waals surface area contributed by atoms with Crippen molar-refractivity contribution in [2.75, 3.05) is 11.9 Å². The van der Waals surface area contributed by atoms with E-state index in [4.69, 9.17) is 23.2 Å². The highest BCUT2D eigenvalue weighted by Gasteiger charge is 2.03. The second-order valence-corrected chi connectivity index (χ2v) is 5.35. The van der Waals surface area contributed by atoms with Crippen molar-refractivity contribution in [1.29, 1.82) is 0 Å². The number of urea groups is 1. The van der Waals surface area contributed by atoms with Crippen LogP contribution in [-0.4, -0.2) is 22.4 Å². The second-order valence-electron chi connectivity index (χ2n) is 4.48. The molecule has 0 unspecified atom stereocenters. The van der Waals surface area contributed by atoms with Gasteiger partial charge in [-0.25, -0.2) is 9.48 Å². The molecule has 0 saturated heterocycles. The molecular weight excluding hydrogens is 327 g/mol. The van der Waals surface area contributed by atoms with Crippen LogP contribution in [0.5, 0.6) is 0 Å². The maximum absolute atomic E-state index is 11.7. The monoisotopic (exact) mass is 340 g/mol. The molecule has 0 saturated carbocycles. The van der Waals surface area contributed by atoms with E-state index in [1.54, 1.807) is 30.5 Å². The molecule has 116 valence electrons. The molecule has 0 atom stereocenters. The molecule has 2 rings (SSSR count). The fourth-order valence-electron chi connectivity index (χ4n) is 1.79. The van der Waals surface area contributed by atoms with Gasteiger partial charge in [0.2, 0.25) is 0 Å². The number of hydrogen-bond donors (Lipinski definition) is 2. The number of hydrogen-bond acceptors (Lipinski definition) is 3. The average Bonchev–Trinajstić information content (AvgIpc) is 2.44. The number of anilines is 1. The summed E-state index contributed by atoms with van der Waals surface area (Å²) in [6.07, 6.45) is 2.13. The summed E-state index contributed by atoms with van der Waals surface area (Å²) in [6, 6.07) is 7.43. The van der Waals surface area contributed by atoms with Crippen LogP contribution in [-0.2, 0) is 6.54 Å². The lowest BCUT2D eigenvalue weighted by Crippen LogP contribution is -2.31. The lowest BCUT2D eigenvalue weighted by Gasteiger charge is -2.08. The molecule has 2 N–H and O–H groups in total. The molecule has 1 aromatic carbocycles. The summed E-state index contributed by atoms with van der Waals surface area (Å²) in [4.78, 5) is 23.1. The molecule has 6 nitrogen and oxygen atoms in total. The Morgan fingerprint density at radius 1 is 1.23 bits per heavy atom. The van der Waals surface area contributed by atoms with Crippen molar-refractivity contribution in [1.82, 2.24) is 15.1 Å². The molecule has 0 fully saturated rings. The summed E-state index contributed by atoms with van der Waals surface area (Å²) in [6.45, 7) is 0.839. The van der Waals surface area contributed by atoms with Crippen molar-refractivity contribution in [3.05, 3.63) is 56.9 Å². The van der Waals surface area contributed by atoms with Gasteiger partial charge in [0, 0.05) is 41.1 Å². The molecule has 1 heterocycles. The van der Waals surface area contributed by atoms with E-state index in [0.717, 1.165) is 0 Å². The summed E-state index contributed by atoms with van der Waals surface area (Å²) >= 11 is 11.7. The normalized spacial score (nSPS) is 10.3. The molecule has 8 heteroatoms. The van der Waals surface area contributed by atoms with Gasteiger partial charge in [0.15, 0.2) is 0 Å². The van der Waals surface area contributed by atoms with Crippen LogP contribution in [0.1, 0.15) is 6.42 Å². The fraction of sp³-hybridized carbons (Fsp3) is 0.214. The molecule has 0 aliphatic rings. The summed E-state index contributed by atoms with van der Waals surface area (Å²) in [5.74, 6) is 0. The fourth-order valence-corrected chi connectivity index (χ4v) is 2.31. The molecule has 0 aliphatic heterocycles. The molecule has 0 spiro atoms. The number of aromatic nitrogens is 2. The van der Waals surface area contributed by atoms with Crippen molar-refractivity contribution in [2.24, 2.45) is 0 Å². The van der Waals surface area contributed by atoms with Gasteiger partial charge in [-0.3, -0.25) is 4.79 Å². The van der Waals surface area contributed by atoms with Crippen molar-refractivity contribution < 1.29 is 4.79 Å². The number of benzene rings is 1. The predicted molar refractivity (Wildman–Crippen MR) is 86.6 cm³/mol. The summed E-state index contributed by atoms with van der Waals surface area (Å²) < 4.78 is 1.34. The topological polar surface area (TPSA) is 76.0 Å². The molecule has 0 aliphatic carbocycles. The lowest BCUT2D eigenvalue weighted by molar-refractivity contribution is 0.251. The standard InChI is InChI=1S/C14H14Cl2N4O2/c15-10-7-11(16)9-12(8-10)19-14(22)17-4-2-6-20-13(21)3-1-5-18-20/h1,3,5,7-9H,2,4,6H2,(H2,17,19,22). The first kappa shape index (κ1) is 16.3. The zero-order valence-electron chi connectivity index (χ0n) is 11.6. The van der Waals surface area contributed by atoms with Crippen molar-refractivity contribution in [3.63, 3.8) is 0 Å². The maximum Gasteiger partial charge on any atom is 0.319 e. The Morgan fingerprint density at radius 2 is 1.95 bits per heavy atom. The molecule has 2 amide bonds. The molecular formula is C14H14Cl2N4O2. The van der Waals surface area contributed by atoms with E-state index in [9.17, 15) is 9.59 Å². The number of carbonyl (C=O) groups excluding carboxylic acids is 1. The van der Waals surface area contributed by atoms with Crippen molar-refractivity contribution in [2.45, 2.75) is 13.0 Å². The van der Waals surface area contributed by atoms with Crippen molar-refractivity contribution >= 4 is 34.9 Å². The quantitative estimate of drug-likeness (QED) is 0.821. The van der Waals surface area contributed by atoms with E-state index in [1.807, 2.05) is 0 Å². The van der Waals surface area contributed by atoms with Crippen LogP contribution in [0, 0.1) is 0 Å². The van der Waals surface area contributed by atoms with E-state index < -0.39 is 0 Å². The van der Waals surface area contributed by atoms with E-state index in [0.29, 0.717) is 35.2 Å². The third-order valence-corrected chi connectivity index (χ3v) is 3.17. The van der Waals surface area contributed by atoms with Crippen LogP contribution in [0.15, 0.2) is 41.3 Å². The first-order valence-corrected chi connectivity index (χ1v) is 7.33. The first-order chi connectivity index (χ1) is 10.5. The average molecular weight is 341 g/mol. The summed E-state index contributed by atoms with van der Waals surface area (Å²) in [7, 11) is 0. The number of halogens is 2. The number of carbonyl (C=O) groups is 1. The van der Waals surface area contributed by atoms with E-state index in [2.05, 4.69) is 15.7 Å². The van der Waals surface area contributed by atoms with Crippen LogP contribution in [0.3, 0.4) is 0 Å². The Labute approximate surface area is 137 Å². The predicted octanol–water partition coefficient (Wildman–Crippen LogP) is 2.76. The van der Waals surface area contributed by atoms with E-state index in [1.165, 1.54) is 10.7 Å². The van der Waals surface area contributed by atoms with Gasteiger partial charge in [0.1, 0.15) is 0 Å². The highest BCUT2D eigenvalue weighted by molar-refractivity contribution is 6.35. The van der Waals surface area contributed by atoms with Gasteiger partial charge in [-0.15, -0.1) is 0 Å². The zero-order valence-corrected chi connectivity index (χ0v) is 13.1. The largest absolute Gasteiger partial charge is 0.338 e. The molecule has 22 heavy (non-hydrogen) atoms. The Balaban J connectivity index is 1.76. The molecule has 2 aromatic rings. The molecule has 0 radical (unpaired) electrons. The van der Waals surface area contributed by atoms with Gasteiger partial charge in [0.25, 0.3) is 5.56 Å². The summed E-state index contributed by atoms with van der Waals surface area (Å²) in [5.41, 5.74) is 0.344. The number of nitrogens with one attached hydrogen (secondary N) is 2. The Bertz CT molecular complexity index is 698. The van der Waals surface area contributed by atoms with Gasteiger partial charge in [-0.05, 0) is 30.7 Å². The lowest BCUT2D eigenvalue weighted by atomic mass is 10.3. The van der Waals surface area contributed by atoms with E-state index in [-0.39, 0.29) is 11.6 Å².